The van der Waals surface area contributed by atoms with Crippen molar-refractivity contribution < 1.29 is 14.4 Å². The molecule has 0 bridgehead atoms. The van der Waals surface area contributed by atoms with Crippen LogP contribution in [-0.2, 0) is 14.4 Å². The molecule has 0 spiro atoms. The molecule has 0 unspecified atom stereocenters. The van der Waals surface area contributed by atoms with E-state index < -0.39 is 11.8 Å². The zero-order chi connectivity index (χ0) is 12.6. The van der Waals surface area contributed by atoms with Gasteiger partial charge in [-0.3, -0.25) is 14.4 Å². The lowest BCUT2D eigenvalue weighted by molar-refractivity contribution is -0.145. The van der Waals surface area contributed by atoms with Gasteiger partial charge >= 0.3 is 11.8 Å². The van der Waals surface area contributed by atoms with Gasteiger partial charge in [0, 0.05) is 27.1 Å². The van der Waals surface area contributed by atoms with Crippen molar-refractivity contribution in [2.45, 2.75) is 6.42 Å². The second-order valence-electron chi connectivity index (χ2n) is 2.99. The number of likely N-dealkylation sites (N-methyl/N-ethyl adjacent to an activating group) is 1. The fourth-order valence-corrected chi connectivity index (χ4v) is 0.865. The first-order valence-corrected chi connectivity index (χ1v) is 4.63. The molecule has 0 heterocycles. The zero-order valence-corrected chi connectivity index (χ0v) is 9.24. The topological polar surface area (TPSA) is 102 Å². The van der Waals surface area contributed by atoms with Crippen molar-refractivity contribution in [1.29, 1.82) is 5.26 Å². The summed E-state index contributed by atoms with van der Waals surface area (Å²) in [6, 6.07) is 1.68. The molecule has 7 heteroatoms. The highest BCUT2D eigenvalue weighted by Gasteiger charge is 2.18. The van der Waals surface area contributed by atoms with Gasteiger partial charge in [-0.1, -0.05) is 0 Å². The summed E-state index contributed by atoms with van der Waals surface area (Å²) >= 11 is 0. The normalized spacial score (nSPS) is 8.81. The molecule has 3 amide bonds. The van der Waals surface area contributed by atoms with Crippen molar-refractivity contribution in [2.75, 3.05) is 27.2 Å². The first-order valence-electron chi connectivity index (χ1n) is 4.63. The lowest BCUT2D eigenvalue weighted by Gasteiger charge is -2.15. The predicted octanol–water partition coefficient (Wildman–Crippen LogP) is -1.78. The van der Waals surface area contributed by atoms with E-state index in [1.54, 1.807) is 6.07 Å². The maximum absolute atomic E-state index is 11.3. The molecular formula is C9H14N4O3. The summed E-state index contributed by atoms with van der Waals surface area (Å²) in [7, 11) is 2.90. The Hall–Kier alpha value is -2.10. The predicted molar refractivity (Wildman–Crippen MR) is 54.9 cm³/mol. The minimum atomic E-state index is -0.846. The van der Waals surface area contributed by atoms with Gasteiger partial charge in [0.25, 0.3) is 0 Å². The third kappa shape index (κ3) is 4.95. The van der Waals surface area contributed by atoms with Crippen LogP contribution in [0.3, 0.4) is 0 Å². The third-order valence-corrected chi connectivity index (χ3v) is 1.82. The molecule has 0 aromatic heterocycles. The third-order valence-electron chi connectivity index (χ3n) is 1.82. The Morgan fingerprint density at radius 2 is 2.00 bits per heavy atom. The van der Waals surface area contributed by atoms with Crippen molar-refractivity contribution in [3.8, 4) is 6.07 Å². The Morgan fingerprint density at radius 3 is 2.50 bits per heavy atom. The summed E-state index contributed by atoms with van der Waals surface area (Å²) in [5.41, 5.74) is 0. The molecule has 0 fully saturated rings. The van der Waals surface area contributed by atoms with Crippen LogP contribution in [0, 0.1) is 11.3 Å². The molecule has 7 nitrogen and oxygen atoms in total. The van der Waals surface area contributed by atoms with Gasteiger partial charge in [0.1, 0.15) is 6.54 Å². The first kappa shape index (κ1) is 13.9. The van der Waals surface area contributed by atoms with Gasteiger partial charge in [-0.05, 0) is 0 Å². The highest BCUT2D eigenvalue weighted by Crippen LogP contribution is 1.89. The van der Waals surface area contributed by atoms with Gasteiger partial charge in [0.15, 0.2) is 0 Å². The molecule has 0 aliphatic heterocycles. The summed E-state index contributed by atoms with van der Waals surface area (Å²) in [6.45, 7) is -0.0632. The summed E-state index contributed by atoms with van der Waals surface area (Å²) in [5.74, 6) is -1.82. The minimum Gasteiger partial charge on any atom is -0.359 e. The van der Waals surface area contributed by atoms with E-state index in [9.17, 15) is 14.4 Å². The van der Waals surface area contributed by atoms with Gasteiger partial charge < -0.3 is 15.5 Å². The number of carbonyl (C=O) groups excluding carboxylic acids is 3. The fourth-order valence-electron chi connectivity index (χ4n) is 0.865. The molecule has 2 N–H and O–H groups in total. The number of nitrogens with zero attached hydrogens (tertiary/aromatic N) is 2. The molecule has 0 atom stereocenters. The molecule has 0 rings (SSSR count). The molecule has 0 aliphatic carbocycles. The number of hydrogen-bond donors (Lipinski definition) is 2. The number of nitrogens with one attached hydrogen (secondary N) is 2. The molecule has 0 saturated carbocycles. The molecule has 0 aromatic carbocycles. The second-order valence-corrected chi connectivity index (χ2v) is 2.99. The lowest BCUT2D eigenvalue weighted by Crippen LogP contribution is -2.42. The highest BCUT2D eigenvalue weighted by molar-refractivity contribution is 6.34. The number of amides is 3. The Morgan fingerprint density at radius 1 is 1.38 bits per heavy atom. The molecule has 0 saturated heterocycles. The quantitative estimate of drug-likeness (QED) is 0.437. The molecule has 16 heavy (non-hydrogen) atoms. The van der Waals surface area contributed by atoms with Crippen LogP contribution in [0.1, 0.15) is 6.42 Å². The van der Waals surface area contributed by atoms with Crippen LogP contribution >= 0.6 is 0 Å². The Labute approximate surface area is 93.4 Å². The summed E-state index contributed by atoms with van der Waals surface area (Å²) in [6.07, 6.45) is 0.129. The van der Waals surface area contributed by atoms with Gasteiger partial charge in [-0.2, -0.15) is 5.26 Å². The van der Waals surface area contributed by atoms with Gasteiger partial charge in [-0.25, -0.2) is 0 Å². The number of hydrogen-bond acceptors (Lipinski definition) is 4. The Kier molecular flexibility index (Phi) is 6.28. The highest BCUT2D eigenvalue weighted by atomic mass is 16.2. The smallest absolute Gasteiger partial charge is 0.311 e. The summed E-state index contributed by atoms with van der Waals surface area (Å²) in [5, 5.41) is 12.7. The van der Waals surface area contributed by atoms with Crippen LogP contribution in [0.5, 0.6) is 0 Å². The van der Waals surface area contributed by atoms with E-state index in [-0.39, 0.29) is 25.4 Å². The van der Waals surface area contributed by atoms with E-state index in [4.69, 9.17) is 5.26 Å². The SMILES string of the molecule is CNC(=O)CCN(C)C(=O)C(=O)NCC#N. The van der Waals surface area contributed by atoms with Crippen LogP contribution in [0.15, 0.2) is 0 Å². The molecule has 0 radical (unpaired) electrons. The monoisotopic (exact) mass is 226 g/mol. The van der Waals surface area contributed by atoms with Crippen LogP contribution in [0.25, 0.3) is 0 Å². The zero-order valence-electron chi connectivity index (χ0n) is 9.24. The standard InChI is InChI=1S/C9H14N4O3/c1-11-7(14)3-6-13(2)9(16)8(15)12-5-4-10/h3,5-6H2,1-2H3,(H,11,14)(H,12,15). The fraction of sp³-hybridized carbons (Fsp3) is 0.556. The van der Waals surface area contributed by atoms with Crippen LogP contribution in [-0.4, -0.2) is 49.8 Å². The van der Waals surface area contributed by atoms with E-state index in [1.807, 2.05) is 0 Å². The second kappa shape index (κ2) is 7.23. The average molecular weight is 226 g/mol. The molecule has 88 valence electrons. The van der Waals surface area contributed by atoms with Crippen molar-refractivity contribution in [2.24, 2.45) is 0 Å². The summed E-state index contributed by atoms with van der Waals surface area (Å²) in [4.78, 5) is 34.4. The van der Waals surface area contributed by atoms with Crippen molar-refractivity contribution in [1.82, 2.24) is 15.5 Å². The molecule has 0 aliphatic rings. The van der Waals surface area contributed by atoms with E-state index >= 15 is 0 Å². The van der Waals surface area contributed by atoms with E-state index in [0.717, 1.165) is 4.90 Å². The van der Waals surface area contributed by atoms with Crippen molar-refractivity contribution in [3.63, 3.8) is 0 Å². The maximum atomic E-state index is 11.3. The average Bonchev–Trinajstić information content (AvgIpc) is 2.31. The van der Waals surface area contributed by atoms with Crippen LogP contribution in [0.4, 0.5) is 0 Å². The number of nitriles is 1. The van der Waals surface area contributed by atoms with Crippen molar-refractivity contribution in [3.05, 3.63) is 0 Å². The van der Waals surface area contributed by atoms with Crippen molar-refractivity contribution >= 4 is 17.7 Å². The lowest BCUT2D eigenvalue weighted by atomic mass is 10.3. The van der Waals surface area contributed by atoms with Crippen LogP contribution in [0.2, 0.25) is 0 Å². The van der Waals surface area contributed by atoms with Gasteiger partial charge in [0.2, 0.25) is 5.91 Å². The minimum absolute atomic E-state index is 0.129. The molecular weight excluding hydrogens is 212 g/mol. The first-order chi connectivity index (χ1) is 7.52. The van der Waals surface area contributed by atoms with Gasteiger partial charge in [0.05, 0.1) is 6.07 Å². The number of carbonyl (C=O) groups is 3. The Bertz CT molecular complexity index is 321. The summed E-state index contributed by atoms with van der Waals surface area (Å²) < 4.78 is 0. The van der Waals surface area contributed by atoms with Gasteiger partial charge in [-0.15, -0.1) is 0 Å². The maximum Gasteiger partial charge on any atom is 0.311 e. The molecule has 0 aromatic rings. The van der Waals surface area contributed by atoms with E-state index in [0.29, 0.717) is 0 Å². The largest absolute Gasteiger partial charge is 0.359 e. The number of rotatable bonds is 4. The van der Waals surface area contributed by atoms with E-state index in [1.165, 1.54) is 14.1 Å². The van der Waals surface area contributed by atoms with E-state index in [2.05, 4.69) is 10.6 Å². The Balaban J connectivity index is 4.03. The van der Waals surface area contributed by atoms with Crippen LogP contribution < -0.4 is 10.6 Å².